The number of halogens is 5. The highest BCUT2D eigenvalue weighted by Gasteiger charge is 2.32. The Hall–Kier alpha value is -1.05. The second-order valence-electron chi connectivity index (χ2n) is 3.74. The van der Waals surface area contributed by atoms with Crippen molar-refractivity contribution in [3.63, 3.8) is 0 Å². The molecule has 0 spiro atoms. The second-order valence-corrected chi connectivity index (χ2v) is 4.55. The largest absolute Gasteiger partial charge is 0.480 e. The number of nitrogens with zero attached hydrogens (tertiary/aromatic N) is 2. The first-order valence-corrected chi connectivity index (χ1v) is 5.73. The van der Waals surface area contributed by atoms with Gasteiger partial charge in [0.2, 0.25) is 0 Å². The monoisotopic (exact) mass is 316 g/mol. The molecule has 1 aromatic heterocycles. The van der Waals surface area contributed by atoms with E-state index in [-0.39, 0.29) is 22.2 Å². The van der Waals surface area contributed by atoms with Gasteiger partial charge in [0.15, 0.2) is 0 Å². The first kappa shape index (κ1) is 16.0. The highest BCUT2D eigenvalue weighted by molar-refractivity contribution is 6.35. The standard InChI is InChI=1S/C10H9Cl2F3N2O2/c11-7-1-16-2-8(12)6(7)3-17(4-9(18)19)5-10(13,14)15/h1-2H,3-5H2,(H,18,19). The topological polar surface area (TPSA) is 53.4 Å². The Bertz CT molecular complexity index is 448. The quantitative estimate of drug-likeness (QED) is 0.907. The number of carboxylic acids is 1. The first-order valence-electron chi connectivity index (χ1n) is 4.98. The van der Waals surface area contributed by atoms with Crippen molar-refractivity contribution in [1.82, 2.24) is 9.88 Å². The van der Waals surface area contributed by atoms with Gasteiger partial charge in [0.05, 0.1) is 23.1 Å². The number of pyridine rings is 1. The minimum absolute atomic E-state index is 0.0880. The van der Waals surface area contributed by atoms with Crippen LogP contribution in [0.15, 0.2) is 12.4 Å². The molecule has 0 aliphatic carbocycles. The van der Waals surface area contributed by atoms with Gasteiger partial charge < -0.3 is 5.11 Å². The summed E-state index contributed by atoms with van der Waals surface area (Å²) in [6.45, 7) is -2.46. The molecule has 0 aliphatic heterocycles. The van der Waals surface area contributed by atoms with Crippen molar-refractivity contribution in [1.29, 1.82) is 0 Å². The van der Waals surface area contributed by atoms with Crippen LogP contribution in [0, 0.1) is 0 Å². The summed E-state index contributed by atoms with van der Waals surface area (Å²) in [6, 6.07) is 0. The van der Waals surface area contributed by atoms with Gasteiger partial charge >= 0.3 is 12.1 Å². The molecule has 0 amide bonds. The summed E-state index contributed by atoms with van der Waals surface area (Å²) in [5, 5.41) is 8.79. The minimum atomic E-state index is -4.51. The maximum Gasteiger partial charge on any atom is 0.401 e. The molecule has 0 radical (unpaired) electrons. The number of hydrogen-bond donors (Lipinski definition) is 1. The molecule has 0 unspecified atom stereocenters. The van der Waals surface area contributed by atoms with Gasteiger partial charge in [0, 0.05) is 24.5 Å². The van der Waals surface area contributed by atoms with E-state index in [0.717, 1.165) is 0 Å². The zero-order valence-corrected chi connectivity index (χ0v) is 10.9. The lowest BCUT2D eigenvalue weighted by molar-refractivity contribution is -0.154. The zero-order valence-electron chi connectivity index (χ0n) is 9.42. The normalized spacial score (nSPS) is 11.9. The molecule has 106 valence electrons. The molecular weight excluding hydrogens is 308 g/mol. The smallest absolute Gasteiger partial charge is 0.401 e. The Morgan fingerprint density at radius 1 is 1.32 bits per heavy atom. The molecular formula is C10H9Cl2F3N2O2. The Kier molecular flexibility index (Phi) is 5.39. The maximum atomic E-state index is 12.3. The molecule has 19 heavy (non-hydrogen) atoms. The molecule has 1 rings (SSSR count). The fourth-order valence-electron chi connectivity index (χ4n) is 1.43. The minimum Gasteiger partial charge on any atom is -0.480 e. The maximum absolute atomic E-state index is 12.3. The third kappa shape index (κ3) is 5.63. The van der Waals surface area contributed by atoms with Crippen molar-refractivity contribution in [2.45, 2.75) is 12.7 Å². The van der Waals surface area contributed by atoms with Crippen LogP contribution in [0.2, 0.25) is 10.0 Å². The molecule has 1 aromatic rings. The number of carboxylic acid groups (broad SMARTS) is 1. The first-order chi connectivity index (χ1) is 8.69. The van der Waals surface area contributed by atoms with Crippen molar-refractivity contribution in [2.24, 2.45) is 0 Å². The molecule has 4 nitrogen and oxygen atoms in total. The summed E-state index contributed by atoms with van der Waals surface area (Å²) in [5.41, 5.74) is 0.212. The third-order valence-corrected chi connectivity index (χ3v) is 2.75. The van der Waals surface area contributed by atoms with Crippen LogP contribution in [0.25, 0.3) is 0 Å². The third-order valence-electron chi connectivity index (χ3n) is 2.10. The van der Waals surface area contributed by atoms with Gasteiger partial charge in [-0.1, -0.05) is 23.2 Å². The SMILES string of the molecule is O=C(O)CN(Cc1c(Cl)cncc1Cl)CC(F)(F)F. The van der Waals surface area contributed by atoms with E-state index < -0.39 is 25.2 Å². The number of aromatic nitrogens is 1. The Labute approximate surface area is 116 Å². The molecule has 0 aromatic carbocycles. The van der Waals surface area contributed by atoms with Gasteiger partial charge in [-0.3, -0.25) is 14.7 Å². The van der Waals surface area contributed by atoms with Crippen LogP contribution < -0.4 is 0 Å². The molecule has 0 aliphatic rings. The van der Waals surface area contributed by atoms with E-state index in [1.165, 1.54) is 12.4 Å². The van der Waals surface area contributed by atoms with Gasteiger partial charge in [-0.25, -0.2) is 0 Å². The van der Waals surface area contributed by atoms with Crippen LogP contribution in [0.4, 0.5) is 13.2 Å². The molecule has 0 saturated carbocycles. The van der Waals surface area contributed by atoms with Crippen LogP contribution in [0.3, 0.4) is 0 Å². The highest BCUT2D eigenvalue weighted by Crippen LogP contribution is 2.26. The highest BCUT2D eigenvalue weighted by atomic mass is 35.5. The van der Waals surface area contributed by atoms with E-state index in [2.05, 4.69) is 4.98 Å². The average molecular weight is 317 g/mol. The predicted octanol–water partition coefficient (Wildman–Crippen LogP) is 2.84. The lowest BCUT2D eigenvalue weighted by atomic mass is 10.2. The van der Waals surface area contributed by atoms with Crippen LogP contribution in [0.1, 0.15) is 5.56 Å². The van der Waals surface area contributed by atoms with Gasteiger partial charge in [-0.15, -0.1) is 0 Å². The van der Waals surface area contributed by atoms with Crippen LogP contribution >= 0.6 is 23.2 Å². The van der Waals surface area contributed by atoms with Crippen molar-refractivity contribution in [3.8, 4) is 0 Å². The van der Waals surface area contributed by atoms with E-state index in [1.807, 2.05) is 0 Å². The van der Waals surface area contributed by atoms with E-state index >= 15 is 0 Å². The molecule has 9 heteroatoms. The van der Waals surface area contributed by atoms with Crippen molar-refractivity contribution >= 4 is 29.2 Å². The number of hydrogen-bond acceptors (Lipinski definition) is 3. The van der Waals surface area contributed by atoms with Gasteiger partial charge in [-0.2, -0.15) is 13.2 Å². The van der Waals surface area contributed by atoms with Crippen LogP contribution in [-0.2, 0) is 11.3 Å². The second kappa shape index (κ2) is 6.40. The summed E-state index contributed by atoms with van der Waals surface area (Å²) in [4.78, 5) is 14.9. The molecule has 0 fully saturated rings. The molecule has 1 N–H and O–H groups in total. The van der Waals surface area contributed by atoms with Crippen molar-refractivity contribution in [3.05, 3.63) is 28.0 Å². The fraction of sp³-hybridized carbons (Fsp3) is 0.400. The number of rotatable bonds is 5. The van der Waals surface area contributed by atoms with Gasteiger partial charge in [0.1, 0.15) is 0 Å². The van der Waals surface area contributed by atoms with E-state index in [4.69, 9.17) is 28.3 Å². The van der Waals surface area contributed by atoms with Crippen LogP contribution in [-0.4, -0.2) is 40.2 Å². The zero-order chi connectivity index (χ0) is 14.6. The number of aliphatic carboxylic acids is 1. The van der Waals surface area contributed by atoms with E-state index in [0.29, 0.717) is 4.90 Å². The van der Waals surface area contributed by atoms with Gasteiger partial charge in [0.25, 0.3) is 0 Å². The summed E-state index contributed by atoms with van der Waals surface area (Å²) < 4.78 is 37.0. The van der Waals surface area contributed by atoms with Crippen molar-refractivity contribution < 1.29 is 23.1 Å². The summed E-state index contributed by atoms with van der Waals surface area (Å²) in [7, 11) is 0. The lowest BCUT2D eigenvalue weighted by Gasteiger charge is -2.22. The molecule has 0 saturated heterocycles. The molecule has 1 heterocycles. The summed E-state index contributed by atoms with van der Waals surface area (Å²) in [5.74, 6) is -1.37. The number of carbonyl (C=O) groups is 1. The Morgan fingerprint density at radius 2 is 1.84 bits per heavy atom. The lowest BCUT2D eigenvalue weighted by Crippen LogP contribution is -2.37. The predicted molar refractivity (Wildman–Crippen MR) is 63.2 cm³/mol. The molecule has 0 atom stereocenters. The van der Waals surface area contributed by atoms with Crippen LogP contribution in [0.5, 0.6) is 0 Å². The fourth-order valence-corrected chi connectivity index (χ4v) is 1.91. The summed E-state index contributed by atoms with van der Waals surface area (Å²) >= 11 is 11.6. The van der Waals surface area contributed by atoms with E-state index in [1.54, 1.807) is 0 Å². The Balaban J connectivity index is 2.90. The average Bonchev–Trinajstić information content (AvgIpc) is 2.20. The van der Waals surface area contributed by atoms with Gasteiger partial charge in [-0.05, 0) is 0 Å². The Morgan fingerprint density at radius 3 is 2.26 bits per heavy atom. The molecule has 0 bridgehead atoms. The van der Waals surface area contributed by atoms with Crippen molar-refractivity contribution in [2.75, 3.05) is 13.1 Å². The number of alkyl halides is 3. The van der Waals surface area contributed by atoms with E-state index in [9.17, 15) is 18.0 Å². The summed E-state index contributed by atoms with van der Waals surface area (Å²) in [6.07, 6.45) is -2.05.